The molecule has 85 heavy (non-hydrogen) atoms. The Kier molecular flexibility index (Phi) is 41.6. The molecule has 7 atom stereocenters. The van der Waals surface area contributed by atoms with Crippen LogP contribution in [0.2, 0.25) is 0 Å². The molecule has 25 heteroatoms. The minimum Gasteiger partial charge on any atom is -1.00 e. The van der Waals surface area contributed by atoms with Gasteiger partial charge in [-0.2, -0.15) is 0 Å². The fourth-order valence-corrected chi connectivity index (χ4v) is 7.68. The smallest absolute Gasteiger partial charge is 1.00 e. The molecular formula is C60H104BrMgN5O18. The molecule has 0 aromatic heterocycles. The number of imide groups is 1. The van der Waals surface area contributed by atoms with Crippen molar-refractivity contribution in [2.45, 2.75) is 301 Å². The van der Waals surface area contributed by atoms with Crippen molar-refractivity contribution in [2.75, 3.05) is 0 Å². The summed E-state index contributed by atoms with van der Waals surface area (Å²) < 4.78 is 29.2. The number of rotatable bonds is 9. The second-order valence-corrected chi connectivity index (χ2v) is 25.8. The molecule has 0 radical (unpaired) electrons. The minimum atomic E-state index is -1.06. The number of aliphatic imine (C=N–C) groups is 1. The summed E-state index contributed by atoms with van der Waals surface area (Å²) in [5.74, 6) is -0.202. The van der Waals surface area contributed by atoms with Gasteiger partial charge in [-0.15, -0.1) is 0 Å². The predicted octanol–water partition coefficient (Wildman–Crippen LogP) is 7.56. The van der Waals surface area contributed by atoms with E-state index in [1.807, 2.05) is 34.6 Å². The van der Waals surface area contributed by atoms with E-state index in [0.717, 1.165) is 49.1 Å². The molecule has 4 rings (SSSR count). The van der Waals surface area contributed by atoms with E-state index in [0.29, 0.717) is 18.9 Å². The van der Waals surface area contributed by atoms with Gasteiger partial charge < -0.3 is 68.3 Å². The monoisotopic (exact) mass is 1290 g/mol. The third-order valence-corrected chi connectivity index (χ3v) is 11.4. The normalized spacial score (nSPS) is 19.9. The van der Waals surface area contributed by atoms with Crippen molar-refractivity contribution < 1.29 is 103 Å². The predicted molar refractivity (Wildman–Crippen MR) is 321 cm³/mol. The largest absolute Gasteiger partial charge is 2.00 e. The van der Waals surface area contributed by atoms with Crippen molar-refractivity contribution in [3.05, 3.63) is 7.43 Å². The molecule has 4 amide bonds. The molecule has 2 N–H and O–H groups in total. The Labute approximate surface area is 533 Å². The summed E-state index contributed by atoms with van der Waals surface area (Å²) in [5, 5.41) is 5.67. The number of Topliss-reactive ketones (excluding diaryl/α,β-unsaturated/α-hetero) is 6. The molecular weight excluding hydrogens is 1180 g/mol. The van der Waals surface area contributed by atoms with E-state index in [9.17, 15) is 57.5 Å². The number of halogens is 1. The quantitative estimate of drug-likeness (QED) is 0.0739. The van der Waals surface area contributed by atoms with Gasteiger partial charge in [-0.05, 0) is 218 Å². The van der Waals surface area contributed by atoms with Crippen LogP contribution in [0.1, 0.15) is 230 Å². The average Bonchev–Trinajstić information content (AvgIpc) is 4.07. The number of ether oxygens (including phenoxy) is 6. The van der Waals surface area contributed by atoms with Crippen molar-refractivity contribution in [3.8, 4) is 0 Å². The van der Waals surface area contributed by atoms with Crippen LogP contribution in [-0.2, 0) is 62.0 Å². The van der Waals surface area contributed by atoms with Crippen LogP contribution < -0.4 is 27.6 Å². The van der Waals surface area contributed by atoms with Gasteiger partial charge in [-0.1, -0.05) is 0 Å². The first-order valence-corrected chi connectivity index (χ1v) is 28.0. The number of hydrogen-bond acceptors (Lipinski definition) is 20. The zero-order chi connectivity index (χ0) is 64.6. The van der Waals surface area contributed by atoms with Crippen molar-refractivity contribution in [2.24, 2.45) is 4.99 Å². The first-order chi connectivity index (χ1) is 36.9. The van der Waals surface area contributed by atoms with E-state index >= 15 is 0 Å². The van der Waals surface area contributed by atoms with Gasteiger partial charge >= 0.3 is 53.6 Å². The van der Waals surface area contributed by atoms with Gasteiger partial charge in [0.1, 0.15) is 51.7 Å². The third kappa shape index (κ3) is 42.6. The Hall–Kier alpha value is -4.88. The zero-order valence-electron chi connectivity index (χ0n) is 55.9. The molecule has 3 fully saturated rings. The Bertz CT molecular complexity index is 2230. The van der Waals surface area contributed by atoms with Crippen LogP contribution in [0.15, 0.2) is 4.99 Å². The Morgan fingerprint density at radius 1 is 0.576 bits per heavy atom. The maximum atomic E-state index is 11.9. The number of ketones is 6. The van der Waals surface area contributed by atoms with E-state index in [4.69, 9.17) is 23.7 Å². The molecule has 3 saturated heterocycles. The van der Waals surface area contributed by atoms with Crippen LogP contribution in [0.25, 0.3) is 0 Å². The van der Waals surface area contributed by atoms with Gasteiger partial charge in [0.2, 0.25) is 5.91 Å². The third-order valence-electron chi connectivity index (χ3n) is 11.4. The summed E-state index contributed by atoms with van der Waals surface area (Å²) in [6.45, 7) is 40.9. The van der Waals surface area contributed by atoms with E-state index in [1.54, 1.807) is 102 Å². The van der Waals surface area contributed by atoms with Gasteiger partial charge in [-0.25, -0.2) is 28.9 Å². The molecule has 23 nitrogen and oxygen atoms in total. The van der Waals surface area contributed by atoms with Gasteiger partial charge in [-0.3, -0.25) is 38.7 Å². The number of nitrogens with zero attached hydrogens (tertiary/aromatic N) is 3. The molecule has 0 aromatic rings. The standard InChI is InChI=1S/C12H21NO4.C12H21NO3.C11H17NO4.C10H18O5.C7H13NO.C7H11NO.CH3.BrH.Mg/c1-8(14)6-7-10(9(2)15)13-11(16)17-12(3,4)5;1-8-6-7-10(9(2)14)13(8)11(15)16-12(3,4)5;1-7(13)8-5-6-9(14)12(8)10(15)16-11(2,3)4;1-9(2,3)14-7(11)13-8(12)15-10(4,5)6;2*1-5-3-4-7(8-5)6(2)9;;;/h10H,6-7H2,1-5H3,(H,13,16);8,10H,6-7H2,1-5H3;8H,5-6H2,1-4H3;1-6H3;5,7-8H,3-4H2,1-2H3;7H,3-4H2,1-2H3;1H3;1H;/q;;;;;;-1;;+2/p-1/t10-;8-,10-;8-;;5-,7-;7-;;;/m000.00.../s1. The summed E-state index contributed by atoms with van der Waals surface area (Å²) in [7, 11) is 0. The molecule has 4 aliphatic heterocycles. The summed E-state index contributed by atoms with van der Waals surface area (Å²) in [5.41, 5.74) is -2.05. The Morgan fingerprint density at radius 2 is 1.02 bits per heavy atom. The molecule has 486 valence electrons. The number of hydrogen-bond donors (Lipinski definition) is 2. The van der Waals surface area contributed by atoms with Crippen molar-refractivity contribution in [3.63, 3.8) is 0 Å². The Morgan fingerprint density at radius 3 is 1.34 bits per heavy atom. The molecule has 0 aromatic carbocycles. The number of carbonyl (C=O) groups is 12. The second kappa shape index (κ2) is 39.8. The molecule has 0 spiro atoms. The summed E-state index contributed by atoms with van der Waals surface area (Å²) in [6, 6.07) is -0.839. The SMILES string of the molecule is CC(=O)CC[C@H](NC(=O)OC(C)(C)C)C(C)=O.CC(=O)[C@@H]1CCC(=O)N1C(=O)OC(C)(C)C.CC(=O)[C@@H]1CCC(C)=N1.CC(=O)[C@@H]1CC[C@H](C)N1.CC(=O)[C@@H]1CC[C@H](C)N1C(=O)OC(C)(C)C.CC(C)(C)OC(=O)OC(=O)OC(C)(C)C.[Br-].[CH3-].[Mg+2]. The topological polar surface area (TPSA) is 303 Å². The number of carbonyl (C=O) groups excluding carboxylic acids is 12. The number of amides is 4. The van der Waals surface area contributed by atoms with Crippen LogP contribution in [0.3, 0.4) is 0 Å². The van der Waals surface area contributed by atoms with Gasteiger partial charge in [0.15, 0.2) is 23.1 Å². The van der Waals surface area contributed by atoms with E-state index < -0.39 is 64.6 Å². The second-order valence-electron chi connectivity index (χ2n) is 25.8. The fourth-order valence-electron chi connectivity index (χ4n) is 7.68. The van der Waals surface area contributed by atoms with Gasteiger partial charge in [0, 0.05) is 30.6 Å². The zero-order valence-corrected chi connectivity index (χ0v) is 58.9. The van der Waals surface area contributed by atoms with Crippen LogP contribution >= 0.6 is 0 Å². The van der Waals surface area contributed by atoms with E-state index in [2.05, 4.69) is 27.3 Å². The molecule has 0 bridgehead atoms. The fraction of sp³-hybridized carbons (Fsp3) is 0.767. The van der Waals surface area contributed by atoms with Gasteiger partial charge in [0.25, 0.3) is 0 Å². The number of likely N-dealkylation sites (tertiary alicyclic amines) is 2. The molecule has 0 aliphatic carbocycles. The average molecular weight is 1290 g/mol. The van der Waals surface area contributed by atoms with Crippen molar-refractivity contribution in [1.82, 2.24) is 20.4 Å². The van der Waals surface area contributed by atoms with Crippen LogP contribution in [0.5, 0.6) is 0 Å². The first-order valence-electron chi connectivity index (χ1n) is 28.0. The molecule has 0 saturated carbocycles. The van der Waals surface area contributed by atoms with Crippen molar-refractivity contribution >= 4 is 100.0 Å². The molecule has 4 aliphatic rings. The van der Waals surface area contributed by atoms with Gasteiger partial charge in [0.05, 0.1) is 18.1 Å². The maximum Gasteiger partial charge on any atom is 2.00 e. The number of nitrogens with one attached hydrogen (secondary N) is 2. The van der Waals surface area contributed by atoms with Crippen LogP contribution in [0.4, 0.5) is 24.0 Å². The maximum absolute atomic E-state index is 11.9. The summed E-state index contributed by atoms with van der Waals surface area (Å²) >= 11 is 0. The van der Waals surface area contributed by atoms with Crippen LogP contribution in [-0.4, -0.2) is 180 Å². The minimum absolute atomic E-state index is 0. The summed E-state index contributed by atoms with van der Waals surface area (Å²) in [6.07, 6.45) is 3.05. The molecule has 0 unspecified atom stereocenters. The van der Waals surface area contributed by atoms with Crippen molar-refractivity contribution in [1.29, 1.82) is 0 Å². The van der Waals surface area contributed by atoms with E-state index in [-0.39, 0.29) is 131 Å². The first kappa shape index (κ1) is 88.9. The Balaban J connectivity index is -0.000000303. The van der Waals surface area contributed by atoms with E-state index in [1.165, 1.54) is 27.7 Å². The molecule has 4 heterocycles. The summed E-state index contributed by atoms with van der Waals surface area (Å²) in [4.78, 5) is 141. The number of alkyl carbamates (subject to hydrolysis) is 1. The van der Waals surface area contributed by atoms with Crippen LogP contribution in [0, 0.1) is 7.43 Å².